The normalized spacial score (nSPS) is 12.1. The lowest BCUT2D eigenvalue weighted by atomic mass is 10.0. The van der Waals surface area contributed by atoms with Gasteiger partial charge in [0, 0.05) is 36.6 Å². The summed E-state index contributed by atoms with van der Waals surface area (Å²) in [5.41, 5.74) is 3.87. The van der Waals surface area contributed by atoms with Crippen molar-refractivity contribution in [2.45, 2.75) is 46.0 Å². The van der Waals surface area contributed by atoms with E-state index in [4.69, 9.17) is 0 Å². The van der Waals surface area contributed by atoms with Gasteiger partial charge < -0.3 is 10.2 Å². The molecule has 0 spiro atoms. The number of nitrogens with zero attached hydrogens (tertiary/aromatic N) is 2. The van der Waals surface area contributed by atoms with Crippen LogP contribution in [0.1, 0.15) is 68.2 Å². The lowest BCUT2D eigenvalue weighted by molar-refractivity contribution is 0.473. The first-order valence-electron chi connectivity index (χ1n) is 9.54. The van der Waals surface area contributed by atoms with Gasteiger partial charge in [0.2, 0.25) is 0 Å². The zero-order chi connectivity index (χ0) is 19.8. The molecule has 0 aromatic heterocycles. The monoisotopic (exact) mass is 366 g/mol. The molecule has 4 nitrogen and oxygen atoms in total. The largest absolute Gasteiger partial charge is 0.507 e. The Labute approximate surface area is 162 Å². The van der Waals surface area contributed by atoms with Crippen LogP contribution in [0.2, 0.25) is 0 Å². The number of rotatable bonds is 8. The summed E-state index contributed by atoms with van der Waals surface area (Å²) < 4.78 is 0. The smallest absolute Gasteiger partial charge is 0.124 e. The molecular formula is C23H30N2O2. The average Bonchev–Trinajstić information content (AvgIpc) is 2.63. The summed E-state index contributed by atoms with van der Waals surface area (Å²) in [7, 11) is 0. The van der Waals surface area contributed by atoms with Gasteiger partial charge in [0.25, 0.3) is 0 Å². The number of phenols is 2. The van der Waals surface area contributed by atoms with Crippen LogP contribution in [0.5, 0.6) is 11.5 Å². The third kappa shape index (κ3) is 6.24. The van der Waals surface area contributed by atoms with E-state index in [1.54, 1.807) is 24.6 Å². The van der Waals surface area contributed by atoms with Crippen molar-refractivity contribution in [1.29, 1.82) is 0 Å². The Kier molecular flexibility index (Phi) is 7.59. The van der Waals surface area contributed by atoms with E-state index in [9.17, 15) is 10.2 Å². The van der Waals surface area contributed by atoms with Crippen LogP contribution in [-0.2, 0) is 0 Å². The van der Waals surface area contributed by atoms with Crippen molar-refractivity contribution in [2.24, 2.45) is 9.98 Å². The number of benzene rings is 2. The van der Waals surface area contributed by atoms with Crippen molar-refractivity contribution in [3.05, 3.63) is 58.7 Å². The van der Waals surface area contributed by atoms with E-state index in [1.165, 1.54) is 11.1 Å². The van der Waals surface area contributed by atoms with E-state index < -0.39 is 0 Å². The fourth-order valence-corrected chi connectivity index (χ4v) is 2.65. The Balaban J connectivity index is 1.86. The van der Waals surface area contributed by atoms with Crippen LogP contribution < -0.4 is 0 Å². The molecule has 0 aliphatic rings. The van der Waals surface area contributed by atoms with Gasteiger partial charge in [0.15, 0.2) is 0 Å². The molecule has 0 aliphatic heterocycles. The molecule has 2 aromatic carbocycles. The minimum atomic E-state index is 0.252. The highest BCUT2D eigenvalue weighted by Crippen LogP contribution is 2.22. The Morgan fingerprint density at radius 1 is 0.741 bits per heavy atom. The Morgan fingerprint density at radius 3 is 1.52 bits per heavy atom. The topological polar surface area (TPSA) is 65.2 Å². The van der Waals surface area contributed by atoms with Crippen molar-refractivity contribution in [3.8, 4) is 11.5 Å². The van der Waals surface area contributed by atoms with E-state index in [2.05, 4.69) is 37.7 Å². The summed E-state index contributed by atoms with van der Waals surface area (Å²) in [6, 6.07) is 11.3. The molecule has 2 rings (SSSR count). The maximum Gasteiger partial charge on any atom is 0.124 e. The van der Waals surface area contributed by atoms with Crippen molar-refractivity contribution in [2.75, 3.05) is 13.1 Å². The maximum absolute atomic E-state index is 9.93. The second-order valence-corrected chi connectivity index (χ2v) is 7.37. The highest BCUT2D eigenvalue weighted by Gasteiger charge is 2.04. The van der Waals surface area contributed by atoms with E-state index >= 15 is 0 Å². The van der Waals surface area contributed by atoms with Gasteiger partial charge in [-0.25, -0.2) is 0 Å². The molecule has 0 saturated heterocycles. The molecule has 0 fully saturated rings. The van der Waals surface area contributed by atoms with E-state index in [0.717, 1.165) is 17.5 Å². The number of aromatic hydroxyl groups is 2. The number of hydrogen-bond acceptors (Lipinski definition) is 4. The Bertz CT molecular complexity index is 741. The second-order valence-electron chi connectivity index (χ2n) is 7.37. The molecule has 27 heavy (non-hydrogen) atoms. The van der Waals surface area contributed by atoms with Gasteiger partial charge in [0.05, 0.1) is 0 Å². The van der Waals surface area contributed by atoms with Crippen LogP contribution in [0.15, 0.2) is 46.4 Å². The van der Waals surface area contributed by atoms with E-state index in [0.29, 0.717) is 24.9 Å². The van der Waals surface area contributed by atoms with Crippen LogP contribution in [0.3, 0.4) is 0 Å². The minimum absolute atomic E-state index is 0.252. The van der Waals surface area contributed by atoms with Crippen molar-refractivity contribution >= 4 is 12.4 Å². The van der Waals surface area contributed by atoms with Gasteiger partial charge in [-0.15, -0.1) is 0 Å². The van der Waals surface area contributed by atoms with Crippen LogP contribution in [0.25, 0.3) is 0 Å². The van der Waals surface area contributed by atoms with Gasteiger partial charge in [-0.3, -0.25) is 9.98 Å². The van der Waals surface area contributed by atoms with Crippen LogP contribution >= 0.6 is 0 Å². The van der Waals surface area contributed by atoms with Gasteiger partial charge in [-0.2, -0.15) is 0 Å². The molecule has 0 saturated carbocycles. The predicted molar refractivity (Wildman–Crippen MR) is 114 cm³/mol. The van der Waals surface area contributed by atoms with Crippen molar-refractivity contribution in [1.82, 2.24) is 0 Å². The molecule has 0 radical (unpaired) electrons. The molecular weight excluding hydrogens is 336 g/mol. The summed E-state index contributed by atoms with van der Waals surface area (Å²) in [4.78, 5) is 8.79. The minimum Gasteiger partial charge on any atom is -0.507 e. The molecule has 0 bridgehead atoms. The number of hydrogen-bond donors (Lipinski definition) is 2. The second kappa shape index (κ2) is 9.91. The van der Waals surface area contributed by atoms with E-state index in [-0.39, 0.29) is 11.5 Å². The lowest BCUT2D eigenvalue weighted by Gasteiger charge is -2.07. The summed E-state index contributed by atoms with van der Waals surface area (Å²) >= 11 is 0. The molecule has 0 aliphatic carbocycles. The number of aliphatic imine (C=N–C) groups is 2. The first-order chi connectivity index (χ1) is 12.9. The zero-order valence-corrected chi connectivity index (χ0v) is 16.7. The van der Waals surface area contributed by atoms with Gasteiger partial charge in [0.1, 0.15) is 11.5 Å². The van der Waals surface area contributed by atoms with Crippen molar-refractivity contribution < 1.29 is 10.2 Å². The first kappa shape index (κ1) is 20.7. The molecule has 0 heterocycles. The van der Waals surface area contributed by atoms with Crippen molar-refractivity contribution in [3.63, 3.8) is 0 Å². The summed E-state index contributed by atoms with van der Waals surface area (Å²) in [6.45, 7) is 9.78. The Morgan fingerprint density at radius 2 is 1.15 bits per heavy atom. The molecule has 0 unspecified atom stereocenters. The molecule has 2 N–H and O–H groups in total. The standard InChI is InChI=1S/C23H30N2O2/c1-16(2)18-6-8-22(26)20(12-18)14-24-10-5-11-25-15-21-13-19(17(3)4)7-9-23(21)27/h6-9,12-17,26-27H,5,10-11H2,1-4H3. The predicted octanol–water partition coefficient (Wildman–Crippen LogP) is 5.27. The first-order valence-corrected chi connectivity index (χ1v) is 9.54. The summed E-state index contributed by atoms with van der Waals surface area (Å²) in [5, 5.41) is 19.9. The third-order valence-corrected chi connectivity index (χ3v) is 4.47. The maximum atomic E-state index is 9.93. The highest BCUT2D eigenvalue weighted by molar-refractivity contribution is 5.84. The number of phenolic OH excluding ortho intramolecular Hbond substituents is 2. The molecule has 2 aromatic rings. The summed E-state index contributed by atoms with van der Waals surface area (Å²) in [5.74, 6) is 1.33. The molecule has 0 atom stereocenters. The average molecular weight is 367 g/mol. The van der Waals surface area contributed by atoms with Crippen LogP contribution in [-0.4, -0.2) is 35.7 Å². The SMILES string of the molecule is CC(C)c1ccc(O)c(C=NCCCN=Cc2cc(C(C)C)ccc2O)c1. The Hall–Kier alpha value is -2.62. The molecule has 4 heteroatoms. The van der Waals surface area contributed by atoms with Gasteiger partial charge in [-0.05, 0) is 53.6 Å². The van der Waals surface area contributed by atoms with Crippen LogP contribution in [0, 0.1) is 0 Å². The fraction of sp³-hybridized carbons (Fsp3) is 0.391. The zero-order valence-electron chi connectivity index (χ0n) is 16.7. The summed E-state index contributed by atoms with van der Waals surface area (Å²) in [6.07, 6.45) is 4.26. The molecule has 0 amide bonds. The van der Waals surface area contributed by atoms with Gasteiger partial charge in [-0.1, -0.05) is 39.8 Å². The van der Waals surface area contributed by atoms with Gasteiger partial charge >= 0.3 is 0 Å². The highest BCUT2D eigenvalue weighted by atomic mass is 16.3. The van der Waals surface area contributed by atoms with E-state index in [1.807, 2.05) is 24.3 Å². The van der Waals surface area contributed by atoms with Crippen LogP contribution in [0.4, 0.5) is 0 Å². The lowest BCUT2D eigenvalue weighted by Crippen LogP contribution is -1.93. The molecule has 144 valence electrons. The third-order valence-electron chi connectivity index (χ3n) is 4.47. The quantitative estimate of drug-likeness (QED) is 0.493. The fourth-order valence-electron chi connectivity index (χ4n) is 2.65.